The molecule has 0 radical (unpaired) electrons. The first-order chi connectivity index (χ1) is 19.6. The summed E-state index contributed by atoms with van der Waals surface area (Å²) in [6.45, 7) is 2.14. The lowest BCUT2D eigenvalue weighted by Gasteiger charge is -2.32. The van der Waals surface area contributed by atoms with E-state index < -0.39 is 0 Å². The van der Waals surface area contributed by atoms with Gasteiger partial charge in [0.05, 0.1) is 17.2 Å². The zero-order valence-electron chi connectivity index (χ0n) is 23.6. The van der Waals surface area contributed by atoms with Gasteiger partial charge in [-0.15, -0.1) is 0 Å². The Balaban J connectivity index is 1.32. The van der Waals surface area contributed by atoms with Crippen LogP contribution in [0.2, 0.25) is 0 Å². The van der Waals surface area contributed by atoms with Gasteiger partial charge >= 0.3 is 0 Å². The van der Waals surface area contributed by atoms with Crippen molar-refractivity contribution in [2.24, 2.45) is 18.9 Å². The van der Waals surface area contributed by atoms with Crippen LogP contribution in [0.25, 0.3) is 44.3 Å². The second kappa shape index (κ2) is 10.3. The van der Waals surface area contributed by atoms with Crippen LogP contribution in [-0.2, 0) is 7.05 Å². The molecule has 2 fully saturated rings. The van der Waals surface area contributed by atoms with Crippen LogP contribution in [0, 0.1) is 30.1 Å². The van der Waals surface area contributed by atoms with Gasteiger partial charge in [-0.2, -0.15) is 5.26 Å². The minimum Gasteiger partial charge on any atom is -0.454 e. The largest absolute Gasteiger partial charge is 0.454 e. The smallest absolute Gasteiger partial charge is 0.216 e. The summed E-state index contributed by atoms with van der Waals surface area (Å²) in [4.78, 5) is 0. The third-order valence-corrected chi connectivity index (χ3v) is 9.93. The highest BCUT2D eigenvalue weighted by molar-refractivity contribution is 6.14. The summed E-state index contributed by atoms with van der Waals surface area (Å²) in [5.74, 6) is 2.51. The number of rotatable bonds is 4. The normalized spacial score (nSPS) is 19.8. The third kappa shape index (κ3) is 4.22. The van der Waals surface area contributed by atoms with Crippen molar-refractivity contribution in [2.45, 2.75) is 64.2 Å². The van der Waals surface area contributed by atoms with E-state index >= 15 is 0 Å². The van der Waals surface area contributed by atoms with Crippen molar-refractivity contribution in [3.05, 3.63) is 89.6 Å². The molecular formula is C37H37N2O+. The Hall–Kier alpha value is -3.90. The first-order valence-electron chi connectivity index (χ1n) is 15.1. The van der Waals surface area contributed by atoms with Crippen molar-refractivity contribution >= 4 is 21.9 Å². The van der Waals surface area contributed by atoms with Crippen molar-refractivity contribution < 1.29 is 8.98 Å². The number of furan rings is 1. The van der Waals surface area contributed by atoms with Gasteiger partial charge in [0.15, 0.2) is 6.20 Å². The lowest BCUT2D eigenvalue weighted by molar-refractivity contribution is -0.660. The van der Waals surface area contributed by atoms with E-state index in [1.807, 2.05) is 12.1 Å². The Morgan fingerprint density at radius 3 is 2.25 bits per heavy atom. The number of hydrogen-bond donors (Lipinski definition) is 0. The summed E-state index contributed by atoms with van der Waals surface area (Å²) < 4.78 is 8.93. The molecule has 0 amide bonds. The molecule has 7 rings (SSSR count). The van der Waals surface area contributed by atoms with Gasteiger partial charge in [-0.3, -0.25) is 0 Å². The maximum atomic E-state index is 10.2. The number of aromatic nitrogens is 1. The van der Waals surface area contributed by atoms with Gasteiger partial charge in [-0.25, -0.2) is 4.57 Å². The van der Waals surface area contributed by atoms with E-state index in [4.69, 9.17) is 4.42 Å². The SMILES string of the molecule is Cc1ccc2c(oc3c(-c4cccc(C5CCC(C6CCCC6)CC5)c4)c(C#N)ccc32)c1-c1cccc[n+]1C. The Labute approximate surface area is 237 Å². The number of nitriles is 1. The van der Waals surface area contributed by atoms with Gasteiger partial charge in [-0.1, -0.05) is 62.1 Å². The van der Waals surface area contributed by atoms with Gasteiger partial charge in [0.2, 0.25) is 5.69 Å². The minimum absolute atomic E-state index is 0.602. The molecule has 200 valence electrons. The van der Waals surface area contributed by atoms with Crippen LogP contribution in [0.1, 0.15) is 74.0 Å². The first kappa shape index (κ1) is 25.1. The van der Waals surface area contributed by atoms with E-state index in [2.05, 4.69) is 85.4 Å². The Morgan fingerprint density at radius 1 is 0.775 bits per heavy atom. The molecule has 0 unspecified atom stereocenters. The van der Waals surface area contributed by atoms with Crippen molar-refractivity contribution in [1.29, 1.82) is 5.26 Å². The molecule has 5 aromatic rings. The molecule has 3 heteroatoms. The number of benzene rings is 3. The zero-order valence-corrected chi connectivity index (χ0v) is 23.6. The second-order valence-corrected chi connectivity index (χ2v) is 12.2. The average Bonchev–Trinajstić information content (AvgIpc) is 3.66. The predicted molar refractivity (Wildman–Crippen MR) is 162 cm³/mol. The van der Waals surface area contributed by atoms with Crippen molar-refractivity contribution in [3.63, 3.8) is 0 Å². The quantitative estimate of drug-likeness (QED) is 0.219. The van der Waals surface area contributed by atoms with Crippen LogP contribution in [0.5, 0.6) is 0 Å². The van der Waals surface area contributed by atoms with Crippen LogP contribution < -0.4 is 4.57 Å². The second-order valence-electron chi connectivity index (χ2n) is 12.2. The molecule has 2 aliphatic rings. The summed E-state index contributed by atoms with van der Waals surface area (Å²) in [6.07, 6.45) is 13.1. The van der Waals surface area contributed by atoms with Crippen molar-refractivity contribution in [1.82, 2.24) is 0 Å². The summed E-state index contributed by atoms with van der Waals surface area (Å²) in [5.41, 5.74) is 9.15. The summed E-state index contributed by atoms with van der Waals surface area (Å²) >= 11 is 0. The molecule has 0 aliphatic heterocycles. The standard InChI is InChI=1S/C37H37N2O/c1-24-13-19-31-32-20-18-30(23-38)35(37(32)40-36(31)34(24)33-12-5-6-21-39(33)2)29-11-7-10-28(22-29)27-16-14-26(15-17-27)25-8-3-4-9-25/h5-7,10-13,18-22,25-27H,3-4,8-9,14-17H2,1-2H3/q+1. The predicted octanol–water partition coefficient (Wildman–Crippen LogP) is 9.39. The number of aryl methyl sites for hydroxylation is 2. The first-order valence-corrected chi connectivity index (χ1v) is 15.1. The van der Waals surface area contributed by atoms with Gasteiger partial charge in [0.1, 0.15) is 18.2 Å². The van der Waals surface area contributed by atoms with E-state index in [0.717, 1.165) is 56.2 Å². The fourth-order valence-electron chi connectivity index (χ4n) is 7.78. The zero-order chi connectivity index (χ0) is 27.2. The molecule has 2 heterocycles. The molecule has 0 saturated heterocycles. The fraction of sp³-hybridized carbons (Fsp3) is 0.351. The van der Waals surface area contributed by atoms with Crippen LogP contribution >= 0.6 is 0 Å². The van der Waals surface area contributed by atoms with Crippen molar-refractivity contribution in [3.8, 4) is 28.5 Å². The van der Waals surface area contributed by atoms with E-state index in [9.17, 15) is 5.26 Å². The molecule has 2 saturated carbocycles. The van der Waals surface area contributed by atoms with Crippen LogP contribution in [0.15, 0.2) is 77.3 Å². The maximum absolute atomic E-state index is 10.2. The molecule has 2 aromatic heterocycles. The van der Waals surface area contributed by atoms with Gasteiger partial charge in [0.25, 0.3) is 0 Å². The molecule has 0 N–H and O–H groups in total. The van der Waals surface area contributed by atoms with Crippen molar-refractivity contribution in [2.75, 3.05) is 0 Å². The maximum Gasteiger partial charge on any atom is 0.216 e. The van der Waals surface area contributed by atoms with E-state index in [1.165, 1.54) is 62.5 Å². The summed E-state index contributed by atoms with van der Waals surface area (Å²) in [5, 5.41) is 12.3. The minimum atomic E-state index is 0.602. The van der Waals surface area contributed by atoms with E-state index in [-0.39, 0.29) is 0 Å². The molecule has 0 spiro atoms. The highest BCUT2D eigenvalue weighted by atomic mass is 16.3. The number of pyridine rings is 1. The molecular weight excluding hydrogens is 488 g/mol. The highest BCUT2D eigenvalue weighted by Crippen LogP contribution is 2.45. The molecule has 40 heavy (non-hydrogen) atoms. The van der Waals surface area contributed by atoms with E-state index in [1.54, 1.807) is 0 Å². The average molecular weight is 526 g/mol. The molecule has 0 atom stereocenters. The Kier molecular flexibility index (Phi) is 6.43. The molecule has 0 bridgehead atoms. The monoisotopic (exact) mass is 525 g/mol. The molecule has 3 nitrogen and oxygen atoms in total. The van der Waals surface area contributed by atoms with Gasteiger partial charge < -0.3 is 4.42 Å². The van der Waals surface area contributed by atoms with Crippen LogP contribution in [0.3, 0.4) is 0 Å². The Morgan fingerprint density at radius 2 is 1.50 bits per heavy atom. The highest BCUT2D eigenvalue weighted by Gasteiger charge is 2.30. The summed E-state index contributed by atoms with van der Waals surface area (Å²) in [6, 6.07) is 26.1. The number of hydrogen-bond acceptors (Lipinski definition) is 2. The lowest BCUT2D eigenvalue weighted by atomic mass is 9.73. The van der Waals surface area contributed by atoms with E-state index in [0.29, 0.717) is 11.5 Å². The fourth-order valence-corrected chi connectivity index (χ4v) is 7.78. The number of fused-ring (bicyclic) bond motifs is 3. The van der Waals surface area contributed by atoms with Crippen LogP contribution in [0.4, 0.5) is 0 Å². The van der Waals surface area contributed by atoms with Crippen LogP contribution in [-0.4, -0.2) is 0 Å². The lowest BCUT2D eigenvalue weighted by Crippen LogP contribution is -2.30. The molecule has 2 aliphatic carbocycles. The topological polar surface area (TPSA) is 40.8 Å². The Bertz CT molecular complexity index is 1760. The summed E-state index contributed by atoms with van der Waals surface area (Å²) in [7, 11) is 2.07. The van der Waals surface area contributed by atoms with Gasteiger partial charge in [-0.05, 0) is 85.3 Å². The third-order valence-electron chi connectivity index (χ3n) is 9.93. The van der Waals surface area contributed by atoms with Gasteiger partial charge in [0, 0.05) is 28.5 Å². The molecule has 3 aromatic carbocycles. The number of nitrogens with zero attached hydrogens (tertiary/aromatic N) is 2.